The largest absolute Gasteiger partial charge is 0.325 e. The van der Waals surface area contributed by atoms with Gasteiger partial charge in [0.15, 0.2) is 0 Å². The minimum Gasteiger partial charge on any atom is -0.325 e. The van der Waals surface area contributed by atoms with Gasteiger partial charge in [-0.15, -0.1) is 0 Å². The molecule has 1 fully saturated rings. The third-order valence-electron chi connectivity index (χ3n) is 4.48. The summed E-state index contributed by atoms with van der Waals surface area (Å²) in [6, 6.07) is 9.06. The van der Waals surface area contributed by atoms with E-state index < -0.39 is 0 Å². The van der Waals surface area contributed by atoms with Gasteiger partial charge in [-0.05, 0) is 63.2 Å². The van der Waals surface area contributed by atoms with Crippen molar-refractivity contribution in [2.24, 2.45) is 11.7 Å². The lowest BCUT2D eigenvalue weighted by atomic mass is 9.81. The third-order valence-corrected chi connectivity index (χ3v) is 4.48. The molecule has 0 spiro atoms. The van der Waals surface area contributed by atoms with Crippen molar-refractivity contribution < 1.29 is 0 Å². The van der Waals surface area contributed by atoms with E-state index >= 15 is 0 Å². The smallest absolute Gasteiger partial charge is 0.0233 e. The summed E-state index contributed by atoms with van der Waals surface area (Å²) in [6.45, 7) is 9.98. The number of piperidine rings is 1. The Morgan fingerprint density at radius 3 is 2.11 bits per heavy atom. The van der Waals surface area contributed by atoms with Crippen LogP contribution in [0.4, 0.5) is 0 Å². The second-order valence-electron chi connectivity index (χ2n) is 6.54. The van der Waals surface area contributed by atoms with Crippen LogP contribution in [-0.2, 0) is 13.0 Å². The van der Waals surface area contributed by atoms with Crippen molar-refractivity contribution in [3.05, 3.63) is 35.4 Å². The minimum absolute atomic E-state index is 0.0190. The highest BCUT2D eigenvalue weighted by molar-refractivity contribution is 5.22. The van der Waals surface area contributed by atoms with Gasteiger partial charge in [0.1, 0.15) is 0 Å². The zero-order chi connectivity index (χ0) is 13.9. The van der Waals surface area contributed by atoms with Crippen molar-refractivity contribution in [2.45, 2.75) is 52.1 Å². The van der Waals surface area contributed by atoms with E-state index in [1.807, 2.05) is 0 Å². The fourth-order valence-corrected chi connectivity index (χ4v) is 2.97. The lowest BCUT2D eigenvalue weighted by Gasteiger charge is -2.38. The van der Waals surface area contributed by atoms with Crippen LogP contribution in [0.25, 0.3) is 0 Å². The molecule has 19 heavy (non-hydrogen) atoms. The summed E-state index contributed by atoms with van der Waals surface area (Å²) in [5, 5.41) is 0. The Hall–Kier alpha value is -0.860. The number of hydrogen-bond acceptors (Lipinski definition) is 2. The van der Waals surface area contributed by atoms with Crippen LogP contribution in [0.3, 0.4) is 0 Å². The molecule has 0 amide bonds. The van der Waals surface area contributed by atoms with Gasteiger partial charge in [-0.25, -0.2) is 0 Å². The molecule has 2 nitrogen and oxygen atoms in total. The summed E-state index contributed by atoms with van der Waals surface area (Å²) in [5.74, 6) is 0.672. The number of rotatable bonds is 4. The lowest BCUT2D eigenvalue weighted by Crippen LogP contribution is -2.46. The number of nitrogens with zero attached hydrogens (tertiary/aromatic N) is 1. The van der Waals surface area contributed by atoms with E-state index in [1.165, 1.54) is 37.1 Å². The average molecular weight is 260 g/mol. The van der Waals surface area contributed by atoms with E-state index in [-0.39, 0.29) is 5.54 Å². The van der Waals surface area contributed by atoms with Crippen LogP contribution < -0.4 is 5.73 Å². The quantitative estimate of drug-likeness (QED) is 0.901. The Balaban J connectivity index is 1.85. The van der Waals surface area contributed by atoms with E-state index in [0.29, 0.717) is 5.92 Å². The van der Waals surface area contributed by atoms with Crippen LogP contribution in [0.2, 0.25) is 0 Å². The number of likely N-dealkylation sites (tertiary alicyclic amines) is 1. The standard InChI is InChI=1S/C17H28N2/c1-4-14-5-7-15(8-6-14)13-19-11-9-16(10-12-19)17(2,3)18/h5-8,16H,4,9-13,18H2,1-3H3. The molecule has 1 heterocycles. The first-order valence-electron chi connectivity index (χ1n) is 7.58. The molecule has 0 saturated carbocycles. The van der Waals surface area contributed by atoms with Crippen LogP contribution in [0.1, 0.15) is 44.7 Å². The van der Waals surface area contributed by atoms with Gasteiger partial charge in [-0.1, -0.05) is 31.2 Å². The highest BCUT2D eigenvalue weighted by Crippen LogP contribution is 2.26. The number of nitrogens with two attached hydrogens (primary N) is 1. The molecule has 1 aromatic carbocycles. The van der Waals surface area contributed by atoms with Crippen molar-refractivity contribution in [1.82, 2.24) is 4.90 Å². The SMILES string of the molecule is CCc1ccc(CN2CCC(C(C)(C)N)CC2)cc1. The van der Waals surface area contributed by atoms with Crippen molar-refractivity contribution >= 4 is 0 Å². The summed E-state index contributed by atoms with van der Waals surface area (Å²) in [5.41, 5.74) is 9.06. The maximum atomic E-state index is 6.22. The topological polar surface area (TPSA) is 29.3 Å². The van der Waals surface area contributed by atoms with Crippen molar-refractivity contribution in [1.29, 1.82) is 0 Å². The Labute approximate surface area is 118 Å². The first-order chi connectivity index (χ1) is 8.99. The Kier molecular flexibility index (Phi) is 4.64. The van der Waals surface area contributed by atoms with Gasteiger partial charge in [0.05, 0.1) is 0 Å². The van der Waals surface area contributed by atoms with E-state index in [1.54, 1.807) is 0 Å². The molecular formula is C17H28N2. The predicted octanol–water partition coefficient (Wildman–Crippen LogP) is 3.20. The number of benzene rings is 1. The molecule has 0 aromatic heterocycles. The van der Waals surface area contributed by atoms with E-state index in [0.717, 1.165) is 13.0 Å². The maximum Gasteiger partial charge on any atom is 0.0233 e. The molecule has 0 bridgehead atoms. The summed E-state index contributed by atoms with van der Waals surface area (Å²) in [6.07, 6.45) is 3.59. The fourth-order valence-electron chi connectivity index (χ4n) is 2.97. The molecule has 0 aliphatic carbocycles. The average Bonchev–Trinajstić information content (AvgIpc) is 2.39. The van der Waals surface area contributed by atoms with Gasteiger partial charge in [-0.3, -0.25) is 4.90 Å². The van der Waals surface area contributed by atoms with Gasteiger partial charge in [-0.2, -0.15) is 0 Å². The molecule has 1 aromatic rings. The summed E-state index contributed by atoms with van der Waals surface area (Å²) < 4.78 is 0. The Morgan fingerprint density at radius 2 is 1.63 bits per heavy atom. The molecule has 0 radical (unpaired) electrons. The molecule has 1 aliphatic rings. The maximum absolute atomic E-state index is 6.22. The molecule has 2 rings (SSSR count). The third kappa shape index (κ3) is 4.05. The lowest BCUT2D eigenvalue weighted by molar-refractivity contribution is 0.138. The molecular weight excluding hydrogens is 232 g/mol. The van der Waals surface area contributed by atoms with E-state index in [4.69, 9.17) is 5.73 Å². The molecule has 1 saturated heterocycles. The first kappa shape index (κ1) is 14.5. The zero-order valence-electron chi connectivity index (χ0n) is 12.7. The molecule has 1 aliphatic heterocycles. The molecule has 2 N–H and O–H groups in total. The fraction of sp³-hybridized carbons (Fsp3) is 0.647. The van der Waals surface area contributed by atoms with Crippen LogP contribution in [0.15, 0.2) is 24.3 Å². The van der Waals surface area contributed by atoms with Crippen LogP contribution >= 0.6 is 0 Å². The van der Waals surface area contributed by atoms with Crippen molar-refractivity contribution in [2.75, 3.05) is 13.1 Å². The number of aryl methyl sites for hydroxylation is 1. The summed E-state index contributed by atoms with van der Waals surface area (Å²) in [4.78, 5) is 2.56. The first-order valence-corrected chi connectivity index (χ1v) is 7.58. The minimum atomic E-state index is -0.0190. The van der Waals surface area contributed by atoms with Gasteiger partial charge in [0.25, 0.3) is 0 Å². The highest BCUT2D eigenvalue weighted by Gasteiger charge is 2.28. The highest BCUT2D eigenvalue weighted by atomic mass is 15.1. The second-order valence-corrected chi connectivity index (χ2v) is 6.54. The molecule has 2 heteroatoms. The van der Waals surface area contributed by atoms with Gasteiger partial charge >= 0.3 is 0 Å². The molecule has 0 unspecified atom stereocenters. The van der Waals surface area contributed by atoms with Crippen molar-refractivity contribution in [3.8, 4) is 0 Å². The Bertz CT molecular complexity index is 381. The molecule has 0 atom stereocenters. The van der Waals surface area contributed by atoms with Crippen LogP contribution in [-0.4, -0.2) is 23.5 Å². The van der Waals surface area contributed by atoms with Gasteiger partial charge < -0.3 is 5.73 Å². The molecule has 106 valence electrons. The van der Waals surface area contributed by atoms with Crippen molar-refractivity contribution in [3.63, 3.8) is 0 Å². The summed E-state index contributed by atoms with van der Waals surface area (Å²) >= 11 is 0. The Morgan fingerprint density at radius 1 is 1.11 bits per heavy atom. The summed E-state index contributed by atoms with van der Waals surface area (Å²) in [7, 11) is 0. The van der Waals surface area contributed by atoms with E-state index in [9.17, 15) is 0 Å². The van der Waals surface area contributed by atoms with Gasteiger partial charge in [0.2, 0.25) is 0 Å². The second kappa shape index (κ2) is 6.06. The normalized spacial score (nSPS) is 18.7. The monoisotopic (exact) mass is 260 g/mol. The van der Waals surface area contributed by atoms with Crippen LogP contribution in [0.5, 0.6) is 0 Å². The predicted molar refractivity (Wildman–Crippen MR) is 82.1 cm³/mol. The van der Waals surface area contributed by atoms with Gasteiger partial charge in [0, 0.05) is 12.1 Å². The van der Waals surface area contributed by atoms with Crippen LogP contribution in [0, 0.1) is 5.92 Å². The van der Waals surface area contributed by atoms with E-state index in [2.05, 4.69) is 49.9 Å². The zero-order valence-corrected chi connectivity index (χ0v) is 12.7. The number of hydrogen-bond donors (Lipinski definition) is 1.